The number of hydrogen-bond acceptors (Lipinski definition) is 6. The van der Waals surface area contributed by atoms with Gasteiger partial charge in [-0.1, -0.05) is 41.7 Å². The van der Waals surface area contributed by atoms with Gasteiger partial charge in [0.1, 0.15) is 4.83 Å². The number of benzene rings is 1. The number of nitrogens with one attached hydrogen (secondary N) is 1. The van der Waals surface area contributed by atoms with Crippen molar-refractivity contribution >= 4 is 26.7 Å². The van der Waals surface area contributed by atoms with E-state index < -0.39 is 0 Å². The molecular weight excluding hydrogens is 346 g/mol. The lowest BCUT2D eigenvalue weighted by molar-refractivity contribution is -0.0400. The molecule has 0 bridgehead atoms. The highest BCUT2D eigenvalue weighted by Gasteiger charge is 2.30. The summed E-state index contributed by atoms with van der Waals surface area (Å²) in [6.45, 7) is 7.20. The van der Waals surface area contributed by atoms with Crippen LogP contribution >= 0.6 is 11.3 Å². The van der Waals surface area contributed by atoms with Gasteiger partial charge in [0, 0.05) is 24.2 Å². The molecule has 0 fully saturated rings. The summed E-state index contributed by atoms with van der Waals surface area (Å²) < 4.78 is 5.90. The van der Waals surface area contributed by atoms with E-state index in [2.05, 4.69) is 29.1 Å². The lowest BCUT2D eigenvalue weighted by Gasteiger charge is -2.32. The summed E-state index contributed by atoms with van der Waals surface area (Å²) in [5.41, 5.74) is 3.66. The van der Waals surface area contributed by atoms with Gasteiger partial charge in [0.2, 0.25) is 0 Å². The smallest absolute Gasteiger partial charge is 0.282 e. The molecule has 3 aromatic rings. The summed E-state index contributed by atoms with van der Waals surface area (Å²) in [4.78, 5) is 22.5. The maximum Gasteiger partial charge on any atom is 0.282 e. The molecule has 0 spiro atoms. The quantitative estimate of drug-likeness (QED) is 0.762. The van der Waals surface area contributed by atoms with Crippen LogP contribution in [-0.2, 0) is 24.3 Å². The summed E-state index contributed by atoms with van der Waals surface area (Å²) >= 11 is 1.43. The van der Waals surface area contributed by atoms with Gasteiger partial charge in [-0.05, 0) is 31.9 Å². The molecule has 6 heteroatoms. The molecule has 0 saturated heterocycles. The summed E-state index contributed by atoms with van der Waals surface area (Å²) in [5.74, 6) is 0. The molecule has 0 saturated carbocycles. The predicted octanol–water partition coefficient (Wildman–Crippen LogP) is 3.82. The van der Waals surface area contributed by atoms with Crippen molar-refractivity contribution in [1.29, 1.82) is 0 Å². The Bertz CT molecular complexity index is 1030. The summed E-state index contributed by atoms with van der Waals surface area (Å²) in [5, 5.41) is 4.50. The first-order valence-corrected chi connectivity index (χ1v) is 9.49. The molecule has 0 radical (unpaired) electrons. The van der Waals surface area contributed by atoms with Crippen LogP contribution in [0.1, 0.15) is 36.2 Å². The van der Waals surface area contributed by atoms with E-state index in [1.807, 2.05) is 37.3 Å². The minimum Gasteiger partial charge on any atom is -0.370 e. The minimum absolute atomic E-state index is 0.212. The number of anilines is 1. The van der Waals surface area contributed by atoms with Crippen LogP contribution in [0.15, 0.2) is 35.1 Å². The van der Waals surface area contributed by atoms with Crippen LogP contribution in [0.2, 0.25) is 0 Å². The van der Waals surface area contributed by atoms with Gasteiger partial charge in [-0.3, -0.25) is 4.79 Å². The number of pyridine rings is 1. The second kappa shape index (κ2) is 6.45. The number of aromatic nitrogens is 2. The van der Waals surface area contributed by atoms with Crippen LogP contribution in [-0.4, -0.2) is 15.6 Å². The molecule has 1 N–H and O–H groups in total. The molecule has 0 atom stereocenters. The highest BCUT2D eigenvalue weighted by atomic mass is 32.1. The highest BCUT2D eigenvalue weighted by Crippen LogP contribution is 2.34. The first-order valence-electron chi connectivity index (χ1n) is 8.68. The van der Waals surface area contributed by atoms with Crippen molar-refractivity contribution < 1.29 is 4.74 Å². The third-order valence-corrected chi connectivity index (χ3v) is 5.61. The molecule has 2 aromatic heterocycles. The number of rotatable bonds is 3. The Labute approximate surface area is 156 Å². The highest BCUT2D eigenvalue weighted by molar-refractivity contribution is 7.21. The van der Waals surface area contributed by atoms with E-state index in [-0.39, 0.29) is 11.2 Å². The molecular formula is C20H21N3O2S. The van der Waals surface area contributed by atoms with Crippen molar-refractivity contribution in [3.8, 4) is 0 Å². The zero-order valence-corrected chi connectivity index (χ0v) is 15.9. The number of ether oxygens (including phenoxy) is 1. The van der Waals surface area contributed by atoms with Crippen molar-refractivity contribution in [2.24, 2.45) is 0 Å². The fourth-order valence-electron chi connectivity index (χ4n) is 3.31. The molecule has 0 aliphatic carbocycles. The minimum atomic E-state index is -0.283. The first-order chi connectivity index (χ1) is 12.4. The van der Waals surface area contributed by atoms with E-state index in [1.165, 1.54) is 11.3 Å². The van der Waals surface area contributed by atoms with E-state index in [1.54, 1.807) is 0 Å². The largest absolute Gasteiger partial charge is 0.370 e. The Hall–Kier alpha value is -2.31. The van der Waals surface area contributed by atoms with Crippen LogP contribution in [0.25, 0.3) is 10.2 Å². The molecule has 4 rings (SSSR count). The number of aryl methyl sites for hydroxylation is 1. The third-order valence-electron chi connectivity index (χ3n) is 4.69. The van der Waals surface area contributed by atoms with Crippen molar-refractivity contribution in [3.63, 3.8) is 0 Å². The molecule has 26 heavy (non-hydrogen) atoms. The fraction of sp³-hybridized carbons (Fsp3) is 0.350. The molecule has 1 aliphatic heterocycles. The first kappa shape index (κ1) is 17.1. The molecule has 3 heterocycles. The standard InChI is InChI=1S/C20H21N3O2S/c1-12-15-11-25-20(2,3)9-14(15)16-17(24)23-19(26-18(16)22-12)21-10-13-7-5-4-6-8-13/h4-8H,9-11H2,1-3H3,(H,21,23,24). The number of fused-ring (bicyclic) bond motifs is 3. The van der Waals surface area contributed by atoms with Crippen molar-refractivity contribution in [2.45, 2.75) is 45.9 Å². The fourth-order valence-corrected chi connectivity index (χ4v) is 4.26. The second-order valence-electron chi connectivity index (χ2n) is 7.22. The maximum atomic E-state index is 12.8. The molecule has 1 aromatic carbocycles. The van der Waals surface area contributed by atoms with Crippen molar-refractivity contribution in [2.75, 3.05) is 5.32 Å². The Morgan fingerprint density at radius 1 is 1.19 bits per heavy atom. The second-order valence-corrected chi connectivity index (χ2v) is 8.20. The lowest BCUT2D eigenvalue weighted by Crippen LogP contribution is -2.33. The molecule has 0 amide bonds. The van der Waals surface area contributed by atoms with E-state index in [4.69, 9.17) is 4.74 Å². The number of nitrogens with zero attached hydrogens (tertiary/aromatic N) is 2. The Morgan fingerprint density at radius 3 is 2.73 bits per heavy atom. The van der Waals surface area contributed by atoms with Gasteiger partial charge in [-0.25, -0.2) is 4.98 Å². The average molecular weight is 367 g/mol. The van der Waals surface area contributed by atoms with E-state index in [0.29, 0.717) is 30.1 Å². The lowest BCUT2D eigenvalue weighted by atomic mass is 9.90. The van der Waals surface area contributed by atoms with Crippen LogP contribution in [0.5, 0.6) is 0 Å². The van der Waals surface area contributed by atoms with Gasteiger partial charge < -0.3 is 10.1 Å². The zero-order valence-electron chi connectivity index (χ0n) is 15.1. The Morgan fingerprint density at radius 2 is 1.96 bits per heavy atom. The Balaban J connectivity index is 1.75. The zero-order chi connectivity index (χ0) is 18.3. The van der Waals surface area contributed by atoms with Gasteiger partial charge in [0.05, 0.1) is 17.6 Å². The monoisotopic (exact) mass is 367 g/mol. The van der Waals surface area contributed by atoms with Gasteiger partial charge >= 0.3 is 0 Å². The van der Waals surface area contributed by atoms with Crippen LogP contribution in [0.3, 0.4) is 0 Å². The molecule has 1 aliphatic rings. The normalized spacial score (nSPS) is 15.7. The third kappa shape index (κ3) is 3.22. The van der Waals surface area contributed by atoms with Gasteiger partial charge in [0.25, 0.3) is 5.56 Å². The van der Waals surface area contributed by atoms with E-state index in [9.17, 15) is 4.79 Å². The van der Waals surface area contributed by atoms with Crippen LogP contribution in [0.4, 0.5) is 5.13 Å². The van der Waals surface area contributed by atoms with E-state index >= 15 is 0 Å². The number of hydrogen-bond donors (Lipinski definition) is 1. The molecule has 5 nitrogen and oxygen atoms in total. The van der Waals surface area contributed by atoms with Gasteiger partial charge in [-0.15, -0.1) is 0 Å². The average Bonchev–Trinajstić information content (AvgIpc) is 2.59. The molecule has 0 unspecified atom stereocenters. The van der Waals surface area contributed by atoms with Crippen LogP contribution in [0, 0.1) is 6.92 Å². The summed E-state index contributed by atoms with van der Waals surface area (Å²) in [6, 6.07) is 10.1. The van der Waals surface area contributed by atoms with E-state index in [0.717, 1.165) is 27.2 Å². The van der Waals surface area contributed by atoms with Gasteiger partial charge in [-0.2, -0.15) is 4.98 Å². The van der Waals surface area contributed by atoms with Crippen LogP contribution < -0.4 is 10.9 Å². The van der Waals surface area contributed by atoms with Gasteiger partial charge in [0.15, 0.2) is 5.13 Å². The Kier molecular flexibility index (Phi) is 4.25. The SMILES string of the molecule is Cc1nc2sc(NCc3ccccc3)nc(=O)c2c2c1COC(C)(C)C2. The van der Waals surface area contributed by atoms with Crippen molar-refractivity contribution in [1.82, 2.24) is 9.97 Å². The predicted molar refractivity (Wildman–Crippen MR) is 105 cm³/mol. The van der Waals surface area contributed by atoms with Crippen molar-refractivity contribution in [3.05, 3.63) is 63.1 Å². The summed E-state index contributed by atoms with van der Waals surface area (Å²) in [6.07, 6.45) is 0.697. The topological polar surface area (TPSA) is 64.1 Å². The summed E-state index contributed by atoms with van der Waals surface area (Å²) in [7, 11) is 0. The maximum absolute atomic E-state index is 12.8. The molecule has 134 valence electrons.